The predicted molar refractivity (Wildman–Crippen MR) is 91.4 cm³/mol. The van der Waals surface area contributed by atoms with Gasteiger partial charge in [0.1, 0.15) is 5.82 Å². The van der Waals surface area contributed by atoms with E-state index in [0.29, 0.717) is 23.1 Å². The largest absolute Gasteiger partial charge is 0.335 e. The smallest absolute Gasteiger partial charge is 0.301 e. The maximum absolute atomic E-state index is 14.2. The van der Waals surface area contributed by atoms with Gasteiger partial charge in [-0.3, -0.25) is 9.59 Å². The lowest BCUT2D eigenvalue weighted by molar-refractivity contribution is 0.0981. The van der Waals surface area contributed by atoms with E-state index in [1.54, 1.807) is 6.92 Å². The van der Waals surface area contributed by atoms with Crippen molar-refractivity contribution in [3.63, 3.8) is 0 Å². The number of halogens is 1. The molecule has 1 aliphatic carbocycles. The second-order valence-electron chi connectivity index (χ2n) is 6.14. The number of aryl methyl sites for hydroxylation is 1. The summed E-state index contributed by atoms with van der Waals surface area (Å²) in [6.45, 7) is 1.55. The van der Waals surface area contributed by atoms with Crippen molar-refractivity contribution in [3.05, 3.63) is 62.2 Å². The van der Waals surface area contributed by atoms with E-state index in [2.05, 4.69) is 0 Å². The van der Waals surface area contributed by atoms with Crippen molar-refractivity contribution in [2.24, 2.45) is 7.05 Å². The number of carbonyl (C=O) groups is 1. The van der Waals surface area contributed by atoms with Crippen molar-refractivity contribution in [1.82, 2.24) is 13.9 Å². The van der Waals surface area contributed by atoms with Gasteiger partial charge in [-0.2, -0.15) is 0 Å². The average molecular weight is 381 g/mol. The molecule has 1 N–H and O–H groups in total. The van der Waals surface area contributed by atoms with Gasteiger partial charge in [0.2, 0.25) is 10.0 Å². The predicted octanol–water partition coefficient (Wildman–Crippen LogP) is 0.206. The standard InChI is InChI=1S/C16H16FN3O5S/c1-9-7-14(21)20(16(23)19(9)2)13-8-10(3-6-12(13)17)15(22)18-26(24,25)11-4-5-11/h3,6-8,11H,4-5H2,1-2H3,(H,18,22). The summed E-state index contributed by atoms with van der Waals surface area (Å²) in [6.07, 6.45) is 0.957. The zero-order valence-corrected chi connectivity index (χ0v) is 14.8. The molecule has 0 atom stereocenters. The van der Waals surface area contributed by atoms with E-state index in [4.69, 9.17) is 0 Å². The SMILES string of the molecule is Cc1cc(=O)n(-c2cc(C(=O)NS(=O)(=O)C3CC3)ccc2F)c(=O)n1C. The normalized spacial score (nSPS) is 14.3. The van der Waals surface area contributed by atoms with Crippen LogP contribution in [-0.4, -0.2) is 28.7 Å². The highest BCUT2D eigenvalue weighted by Gasteiger charge is 2.37. The van der Waals surface area contributed by atoms with Crippen LogP contribution in [0.5, 0.6) is 0 Å². The minimum Gasteiger partial charge on any atom is -0.301 e. The Labute approximate surface area is 147 Å². The van der Waals surface area contributed by atoms with E-state index in [-0.39, 0.29) is 5.56 Å². The van der Waals surface area contributed by atoms with Crippen LogP contribution in [0.2, 0.25) is 0 Å². The Morgan fingerprint density at radius 3 is 2.50 bits per heavy atom. The van der Waals surface area contributed by atoms with Crippen LogP contribution in [0.1, 0.15) is 28.9 Å². The van der Waals surface area contributed by atoms with Crippen molar-refractivity contribution >= 4 is 15.9 Å². The molecule has 3 rings (SSSR count). The average Bonchev–Trinajstić information content (AvgIpc) is 3.39. The van der Waals surface area contributed by atoms with Crippen LogP contribution < -0.4 is 16.0 Å². The van der Waals surface area contributed by atoms with Crippen LogP contribution in [0.3, 0.4) is 0 Å². The zero-order valence-electron chi connectivity index (χ0n) is 14.0. The molecule has 1 heterocycles. The van der Waals surface area contributed by atoms with Crippen LogP contribution in [0.25, 0.3) is 5.69 Å². The minimum absolute atomic E-state index is 0.180. The highest BCUT2D eigenvalue weighted by molar-refractivity contribution is 7.91. The maximum atomic E-state index is 14.2. The monoisotopic (exact) mass is 381 g/mol. The lowest BCUT2D eigenvalue weighted by Gasteiger charge is -2.12. The molecule has 8 nitrogen and oxygen atoms in total. The summed E-state index contributed by atoms with van der Waals surface area (Å²) in [7, 11) is -2.36. The van der Waals surface area contributed by atoms with Gasteiger partial charge in [0.25, 0.3) is 11.5 Å². The van der Waals surface area contributed by atoms with Gasteiger partial charge in [0, 0.05) is 24.4 Å². The van der Waals surface area contributed by atoms with E-state index in [9.17, 15) is 27.2 Å². The molecule has 1 fully saturated rings. The maximum Gasteiger partial charge on any atom is 0.335 e. The van der Waals surface area contributed by atoms with Crippen molar-refractivity contribution < 1.29 is 17.6 Å². The van der Waals surface area contributed by atoms with E-state index >= 15 is 0 Å². The Morgan fingerprint density at radius 2 is 1.88 bits per heavy atom. The van der Waals surface area contributed by atoms with Gasteiger partial charge in [0.15, 0.2) is 0 Å². The fourth-order valence-corrected chi connectivity index (χ4v) is 3.73. The van der Waals surface area contributed by atoms with Crippen molar-refractivity contribution in [3.8, 4) is 5.69 Å². The van der Waals surface area contributed by atoms with Crippen molar-refractivity contribution in [2.75, 3.05) is 0 Å². The number of sulfonamides is 1. The first-order valence-corrected chi connectivity index (χ1v) is 9.32. The number of benzene rings is 1. The highest BCUT2D eigenvalue weighted by Crippen LogP contribution is 2.27. The van der Waals surface area contributed by atoms with Gasteiger partial charge in [-0.15, -0.1) is 0 Å². The molecule has 0 bridgehead atoms. The summed E-state index contributed by atoms with van der Waals surface area (Å²) in [6, 6.07) is 4.12. The van der Waals surface area contributed by atoms with Gasteiger partial charge >= 0.3 is 5.69 Å². The Balaban J connectivity index is 2.07. The van der Waals surface area contributed by atoms with Crippen LogP contribution in [-0.2, 0) is 17.1 Å². The van der Waals surface area contributed by atoms with Gasteiger partial charge in [-0.05, 0) is 38.0 Å². The number of rotatable bonds is 4. The molecule has 0 saturated heterocycles. The Bertz CT molecular complexity index is 1130. The van der Waals surface area contributed by atoms with Gasteiger partial charge < -0.3 is 4.57 Å². The van der Waals surface area contributed by atoms with Crippen LogP contribution in [0, 0.1) is 12.7 Å². The number of nitrogens with zero attached hydrogens (tertiary/aromatic N) is 2. The van der Waals surface area contributed by atoms with Gasteiger partial charge in [0.05, 0.1) is 10.9 Å². The molecule has 0 radical (unpaired) electrons. The second-order valence-corrected chi connectivity index (χ2v) is 8.10. The fourth-order valence-electron chi connectivity index (χ4n) is 2.43. The van der Waals surface area contributed by atoms with Crippen LogP contribution in [0.4, 0.5) is 4.39 Å². The summed E-state index contributed by atoms with van der Waals surface area (Å²) in [4.78, 5) is 36.7. The Kier molecular flexibility index (Phi) is 4.31. The fraction of sp³-hybridized carbons (Fsp3) is 0.312. The molecular weight excluding hydrogens is 365 g/mol. The molecule has 2 aromatic rings. The molecule has 1 aliphatic rings. The molecule has 1 saturated carbocycles. The molecule has 0 aliphatic heterocycles. The third kappa shape index (κ3) is 3.19. The summed E-state index contributed by atoms with van der Waals surface area (Å²) in [5.41, 5.74) is -1.75. The van der Waals surface area contributed by atoms with Crippen LogP contribution in [0.15, 0.2) is 33.9 Å². The summed E-state index contributed by atoms with van der Waals surface area (Å²) < 4.78 is 41.6. The third-order valence-electron chi connectivity index (χ3n) is 4.21. The molecule has 0 unspecified atom stereocenters. The van der Waals surface area contributed by atoms with E-state index in [1.165, 1.54) is 7.05 Å². The molecule has 10 heteroatoms. The number of amides is 1. The molecule has 26 heavy (non-hydrogen) atoms. The Morgan fingerprint density at radius 1 is 1.23 bits per heavy atom. The number of carbonyl (C=O) groups excluding carboxylic acids is 1. The molecule has 1 aromatic carbocycles. The first kappa shape index (κ1) is 18.1. The highest BCUT2D eigenvalue weighted by atomic mass is 32.2. The first-order chi connectivity index (χ1) is 12.1. The van der Waals surface area contributed by atoms with E-state index in [1.807, 2.05) is 4.72 Å². The van der Waals surface area contributed by atoms with Crippen molar-refractivity contribution in [1.29, 1.82) is 0 Å². The van der Waals surface area contributed by atoms with Gasteiger partial charge in [-0.1, -0.05) is 0 Å². The lowest BCUT2D eigenvalue weighted by atomic mass is 10.2. The zero-order chi connectivity index (χ0) is 19.2. The van der Waals surface area contributed by atoms with Gasteiger partial charge in [-0.25, -0.2) is 26.9 Å². The Hall–Kier alpha value is -2.75. The summed E-state index contributed by atoms with van der Waals surface area (Å²) in [5.74, 6) is -1.84. The second kappa shape index (κ2) is 6.20. The third-order valence-corrected chi connectivity index (χ3v) is 6.03. The molecule has 0 spiro atoms. The number of hydrogen-bond acceptors (Lipinski definition) is 5. The topological polar surface area (TPSA) is 107 Å². The summed E-state index contributed by atoms with van der Waals surface area (Å²) >= 11 is 0. The number of aromatic nitrogens is 2. The van der Waals surface area contributed by atoms with E-state index < -0.39 is 43.9 Å². The minimum atomic E-state index is -3.78. The molecule has 1 amide bonds. The lowest BCUT2D eigenvalue weighted by Crippen LogP contribution is -2.39. The summed E-state index contributed by atoms with van der Waals surface area (Å²) in [5, 5.41) is -0.599. The number of hydrogen-bond donors (Lipinski definition) is 1. The van der Waals surface area contributed by atoms with Crippen LogP contribution >= 0.6 is 0 Å². The van der Waals surface area contributed by atoms with E-state index in [0.717, 1.165) is 28.8 Å². The molecule has 138 valence electrons. The van der Waals surface area contributed by atoms with Crippen molar-refractivity contribution in [2.45, 2.75) is 25.0 Å². The molecule has 1 aromatic heterocycles. The first-order valence-electron chi connectivity index (χ1n) is 7.77. The quantitative estimate of drug-likeness (QED) is 0.814. The molecular formula is C16H16FN3O5S. The number of nitrogens with one attached hydrogen (secondary N) is 1.